The van der Waals surface area contributed by atoms with Gasteiger partial charge in [-0.1, -0.05) is 123 Å². The van der Waals surface area contributed by atoms with Crippen molar-refractivity contribution in [1.82, 2.24) is 0 Å². The lowest BCUT2D eigenvalue weighted by molar-refractivity contribution is 0.195. The van der Waals surface area contributed by atoms with Gasteiger partial charge in [-0.05, 0) is 111 Å². The Balaban J connectivity index is 1.17. The van der Waals surface area contributed by atoms with Crippen LogP contribution in [0.1, 0.15) is 56.2 Å². The second-order valence-electron chi connectivity index (χ2n) is 13.6. The summed E-state index contributed by atoms with van der Waals surface area (Å²) in [6.45, 7) is 5.04. The zero-order valence-electron chi connectivity index (χ0n) is 25.6. The van der Waals surface area contributed by atoms with Gasteiger partial charge in [-0.25, -0.2) is 0 Å². The first-order valence-electron chi connectivity index (χ1n) is 16.3. The molecule has 2 unspecified atom stereocenters. The van der Waals surface area contributed by atoms with Crippen LogP contribution in [0.4, 0.5) is 11.4 Å². The standard InChI is InChI=1S/C43H37N/c1-42-24-8-9-25-43(42,2)44(33-13-4-3-5-14-33)41-23-21-31(28-40(41)42)36-17-11-18-38-35(16-10-19-39(36)38)30-20-22-37-32(27-30)26-29-12-6-7-15-34(29)37/h3-7,10-23,27-28H,8-9,24-26H2,1-2H3. The van der Waals surface area contributed by atoms with Gasteiger partial charge in [0.2, 0.25) is 0 Å². The molecule has 0 amide bonds. The molecule has 1 fully saturated rings. The highest BCUT2D eigenvalue weighted by molar-refractivity contribution is 6.05. The Labute approximate surface area is 260 Å². The molecule has 1 heteroatoms. The van der Waals surface area contributed by atoms with Crippen LogP contribution in [0, 0.1) is 0 Å². The molecule has 0 spiro atoms. The first-order chi connectivity index (χ1) is 21.5. The van der Waals surface area contributed by atoms with Crippen LogP contribution >= 0.6 is 0 Å². The molecule has 2 atom stereocenters. The summed E-state index contributed by atoms with van der Waals surface area (Å²) in [4.78, 5) is 2.67. The van der Waals surface area contributed by atoms with Crippen LogP contribution in [-0.4, -0.2) is 5.54 Å². The fraction of sp³-hybridized carbons (Fsp3) is 0.209. The van der Waals surface area contributed by atoms with Crippen molar-refractivity contribution in [3.8, 4) is 33.4 Å². The summed E-state index contributed by atoms with van der Waals surface area (Å²) in [7, 11) is 0. The summed E-state index contributed by atoms with van der Waals surface area (Å²) in [5.41, 5.74) is 15.3. The number of benzene rings is 6. The molecule has 44 heavy (non-hydrogen) atoms. The van der Waals surface area contributed by atoms with Gasteiger partial charge in [-0.15, -0.1) is 0 Å². The lowest BCUT2D eigenvalue weighted by Gasteiger charge is -2.50. The number of nitrogens with zero attached hydrogens (tertiary/aromatic N) is 1. The molecule has 0 saturated heterocycles. The molecule has 1 aliphatic heterocycles. The van der Waals surface area contributed by atoms with Gasteiger partial charge in [0.1, 0.15) is 0 Å². The van der Waals surface area contributed by atoms with Crippen molar-refractivity contribution in [1.29, 1.82) is 0 Å². The predicted molar refractivity (Wildman–Crippen MR) is 186 cm³/mol. The zero-order chi connectivity index (χ0) is 29.5. The minimum Gasteiger partial charge on any atom is -0.334 e. The average Bonchev–Trinajstić information content (AvgIpc) is 3.53. The third kappa shape index (κ3) is 3.53. The highest BCUT2D eigenvalue weighted by atomic mass is 15.2. The summed E-state index contributed by atoms with van der Waals surface area (Å²) in [5, 5.41) is 2.64. The molecule has 9 rings (SSSR count). The van der Waals surface area contributed by atoms with Gasteiger partial charge < -0.3 is 4.90 Å². The van der Waals surface area contributed by atoms with Crippen molar-refractivity contribution in [2.24, 2.45) is 0 Å². The van der Waals surface area contributed by atoms with E-state index >= 15 is 0 Å². The van der Waals surface area contributed by atoms with Crippen LogP contribution in [0.5, 0.6) is 0 Å². The van der Waals surface area contributed by atoms with Crippen molar-refractivity contribution in [2.45, 2.75) is 56.9 Å². The molecular formula is C43H37N. The van der Waals surface area contributed by atoms with Crippen molar-refractivity contribution >= 4 is 22.1 Å². The number of hydrogen-bond donors (Lipinski definition) is 0. The molecule has 3 aliphatic rings. The first kappa shape index (κ1) is 25.8. The maximum Gasteiger partial charge on any atom is 0.0517 e. The Kier molecular flexibility index (Phi) is 5.54. The lowest BCUT2D eigenvalue weighted by Crippen LogP contribution is -2.54. The summed E-state index contributed by atoms with van der Waals surface area (Å²) in [5.74, 6) is 0. The van der Waals surface area contributed by atoms with E-state index in [1.54, 1.807) is 0 Å². The molecular weight excluding hydrogens is 530 g/mol. The first-order valence-corrected chi connectivity index (χ1v) is 16.3. The Morgan fingerprint density at radius 1 is 0.523 bits per heavy atom. The predicted octanol–water partition coefficient (Wildman–Crippen LogP) is 11.5. The van der Waals surface area contributed by atoms with Crippen LogP contribution < -0.4 is 4.90 Å². The van der Waals surface area contributed by atoms with E-state index in [0.717, 1.165) is 6.42 Å². The molecule has 0 bridgehead atoms. The van der Waals surface area contributed by atoms with Gasteiger partial charge in [0.15, 0.2) is 0 Å². The van der Waals surface area contributed by atoms with Crippen LogP contribution in [0.2, 0.25) is 0 Å². The van der Waals surface area contributed by atoms with E-state index in [4.69, 9.17) is 0 Å². The van der Waals surface area contributed by atoms with Crippen molar-refractivity contribution in [3.63, 3.8) is 0 Å². The van der Waals surface area contributed by atoms with E-state index < -0.39 is 0 Å². The van der Waals surface area contributed by atoms with Crippen LogP contribution in [-0.2, 0) is 11.8 Å². The summed E-state index contributed by atoms with van der Waals surface area (Å²) >= 11 is 0. The van der Waals surface area contributed by atoms with E-state index in [9.17, 15) is 0 Å². The van der Waals surface area contributed by atoms with E-state index in [1.165, 1.54) is 97.9 Å². The van der Waals surface area contributed by atoms with Crippen molar-refractivity contribution in [3.05, 3.63) is 144 Å². The average molecular weight is 568 g/mol. The molecule has 6 aromatic rings. The molecule has 6 aromatic carbocycles. The highest BCUT2D eigenvalue weighted by Crippen LogP contribution is 2.61. The molecule has 1 heterocycles. The third-order valence-electron chi connectivity index (χ3n) is 11.5. The second kappa shape index (κ2) is 9.44. The normalized spacial score (nSPS) is 21.5. The Bertz CT molecular complexity index is 2090. The molecule has 2 aliphatic carbocycles. The lowest BCUT2D eigenvalue weighted by atomic mass is 9.61. The maximum atomic E-state index is 2.67. The number of rotatable bonds is 3. The third-order valence-corrected chi connectivity index (χ3v) is 11.5. The SMILES string of the molecule is CC12CCCCC1(C)N(c1ccccc1)c1ccc(-c3cccc4c(-c5ccc6c(c5)Cc5ccccc5-6)cccc34)cc12. The maximum absolute atomic E-state index is 2.67. The van der Waals surface area contributed by atoms with Gasteiger partial charge in [0.05, 0.1) is 5.54 Å². The van der Waals surface area contributed by atoms with Gasteiger partial charge >= 0.3 is 0 Å². The fourth-order valence-corrected chi connectivity index (χ4v) is 9.01. The van der Waals surface area contributed by atoms with E-state index in [0.29, 0.717) is 0 Å². The van der Waals surface area contributed by atoms with Crippen molar-refractivity contribution < 1.29 is 0 Å². The quantitative estimate of drug-likeness (QED) is 0.205. The smallest absolute Gasteiger partial charge is 0.0517 e. The monoisotopic (exact) mass is 567 g/mol. The summed E-state index contributed by atoms with van der Waals surface area (Å²) < 4.78 is 0. The molecule has 0 N–H and O–H groups in total. The van der Waals surface area contributed by atoms with Gasteiger partial charge in [-0.3, -0.25) is 0 Å². The molecule has 214 valence electrons. The number of anilines is 2. The largest absolute Gasteiger partial charge is 0.334 e. The number of fused-ring (bicyclic) bond motifs is 7. The van der Waals surface area contributed by atoms with Gasteiger partial charge in [-0.2, -0.15) is 0 Å². The fourth-order valence-electron chi connectivity index (χ4n) is 9.01. The van der Waals surface area contributed by atoms with Gasteiger partial charge in [0, 0.05) is 16.8 Å². The minimum atomic E-state index is 0.0622. The Hall–Kier alpha value is -4.62. The summed E-state index contributed by atoms with van der Waals surface area (Å²) in [6.07, 6.45) is 6.04. The van der Waals surface area contributed by atoms with E-state index in [1.807, 2.05) is 0 Å². The molecule has 1 saturated carbocycles. The van der Waals surface area contributed by atoms with Crippen LogP contribution in [0.3, 0.4) is 0 Å². The zero-order valence-corrected chi connectivity index (χ0v) is 25.6. The van der Waals surface area contributed by atoms with Gasteiger partial charge in [0.25, 0.3) is 0 Å². The van der Waals surface area contributed by atoms with Crippen molar-refractivity contribution in [2.75, 3.05) is 4.90 Å². The Morgan fingerprint density at radius 3 is 1.95 bits per heavy atom. The van der Waals surface area contributed by atoms with Crippen LogP contribution in [0.25, 0.3) is 44.2 Å². The number of hydrogen-bond acceptors (Lipinski definition) is 1. The molecule has 1 nitrogen and oxygen atoms in total. The summed E-state index contributed by atoms with van der Waals surface area (Å²) in [6, 6.07) is 48.0. The molecule has 0 radical (unpaired) electrons. The highest BCUT2D eigenvalue weighted by Gasteiger charge is 2.57. The second-order valence-corrected chi connectivity index (χ2v) is 13.6. The topological polar surface area (TPSA) is 3.24 Å². The van der Waals surface area contributed by atoms with E-state index in [2.05, 4.69) is 146 Å². The molecule has 0 aromatic heterocycles. The Morgan fingerprint density at radius 2 is 1.16 bits per heavy atom. The minimum absolute atomic E-state index is 0.0622. The van der Waals surface area contributed by atoms with E-state index in [-0.39, 0.29) is 11.0 Å². The van der Waals surface area contributed by atoms with Crippen LogP contribution in [0.15, 0.2) is 127 Å². The number of para-hydroxylation sites is 1.